The molecule has 0 atom stereocenters. The molecule has 0 spiro atoms. The number of hydrogen-bond acceptors (Lipinski definition) is 6. The van der Waals surface area contributed by atoms with E-state index in [4.69, 9.17) is 9.15 Å². The van der Waals surface area contributed by atoms with Crippen molar-refractivity contribution >= 4 is 34.3 Å². The van der Waals surface area contributed by atoms with Crippen LogP contribution in [0.25, 0.3) is 22.6 Å². The summed E-state index contributed by atoms with van der Waals surface area (Å²) in [5.74, 6) is 2.01. The van der Waals surface area contributed by atoms with Crippen molar-refractivity contribution in [3.8, 4) is 17.3 Å². The van der Waals surface area contributed by atoms with Crippen LogP contribution in [0.2, 0.25) is 0 Å². The number of rotatable bonds is 7. The second-order valence-electron chi connectivity index (χ2n) is 7.15. The fourth-order valence-electron chi connectivity index (χ4n) is 3.47. The van der Waals surface area contributed by atoms with E-state index in [-0.39, 0.29) is 11.7 Å². The van der Waals surface area contributed by atoms with Gasteiger partial charge in [0.15, 0.2) is 28.1 Å². The van der Waals surface area contributed by atoms with Gasteiger partial charge in [-0.15, -0.1) is 10.2 Å². The van der Waals surface area contributed by atoms with Crippen LogP contribution in [0.3, 0.4) is 0 Å². The van der Waals surface area contributed by atoms with E-state index in [0.29, 0.717) is 28.1 Å². The van der Waals surface area contributed by atoms with Crippen molar-refractivity contribution in [1.82, 2.24) is 14.8 Å². The minimum atomic E-state index is -0.0768. The van der Waals surface area contributed by atoms with Crippen molar-refractivity contribution in [1.29, 1.82) is 0 Å². The van der Waals surface area contributed by atoms with Crippen LogP contribution < -0.4 is 10.1 Å². The Morgan fingerprint density at radius 1 is 1.23 bits per heavy atom. The summed E-state index contributed by atoms with van der Waals surface area (Å²) < 4.78 is 13.2. The highest BCUT2D eigenvalue weighted by Gasteiger charge is 2.18. The number of para-hydroxylation sites is 2. The molecule has 0 saturated heterocycles. The number of aryl methyl sites for hydroxylation is 2. The molecule has 2 heterocycles. The lowest BCUT2D eigenvalue weighted by Crippen LogP contribution is -2.16. The van der Waals surface area contributed by atoms with Crippen molar-refractivity contribution in [3.63, 3.8) is 0 Å². The number of furan rings is 1. The van der Waals surface area contributed by atoms with Crippen molar-refractivity contribution in [2.45, 2.75) is 25.4 Å². The molecule has 4 rings (SSSR count). The second kappa shape index (κ2) is 8.85. The first-order chi connectivity index (χ1) is 15.0. The Bertz CT molecular complexity index is 1250. The number of ether oxygens (including phenoxy) is 1. The minimum absolute atomic E-state index is 0.0768. The highest BCUT2D eigenvalue weighted by Crippen LogP contribution is 2.33. The van der Waals surface area contributed by atoms with Crippen LogP contribution >= 0.6 is 11.8 Å². The van der Waals surface area contributed by atoms with Gasteiger partial charge in [-0.25, -0.2) is 0 Å². The number of amides is 1. The van der Waals surface area contributed by atoms with Crippen LogP contribution in [0.5, 0.6) is 5.75 Å². The SMILES string of the molecule is CCc1cccc(C)c1NC(=O)CSc1nnc(-c2cc3cccc(OC)c3o2)n1C. The Morgan fingerprint density at radius 2 is 2.03 bits per heavy atom. The number of carbonyl (C=O) groups is 1. The molecule has 4 aromatic rings. The van der Waals surface area contributed by atoms with E-state index in [1.54, 1.807) is 7.11 Å². The number of thioether (sulfide) groups is 1. The van der Waals surface area contributed by atoms with Gasteiger partial charge >= 0.3 is 0 Å². The third-order valence-corrected chi connectivity index (χ3v) is 6.14. The predicted octanol–water partition coefficient (Wildman–Crippen LogP) is 4.84. The summed E-state index contributed by atoms with van der Waals surface area (Å²) in [6, 6.07) is 13.7. The Morgan fingerprint density at radius 3 is 2.81 bits per heavy atom. The van der Waals surface area contributed by atoms with Crippen molar-refractivity contribution in [2.24, 2.45) is 7.05 Å². The summed E-state index contributed by atoms with van der Waals surface area (Å²) in [4.78, 5) is 12.6. The highest BCUT2D eigenvalue weighted by atomic mass is 32.2. The van der Waals surface area contributed by atoms with Crippen molar-refractivity contribution < 1.29 is 13.9 Å². The average molecular weight is 437 g/mol. The maximum Gasteiger partial charge on any atom is 0.234 e. The fourth-order valence-corrected chi connectivity index (χ4v) is 4.18. The number of benzene rings is 2. The van der Waals surface area contributed by atoms with E-state index < -0.39 is 0 Å². The number of nitrogens with one attached hydrogen (secondary N) is 1. The lowest BCUT2D eigenvalue weighted by atomic mass is 10.1. The number of aromatic nitrogens is 3. The number of anilines is 1. The predicted molar refractivity (Wildman–Crippen MR) is 123 cm³/mol. The van der Waals surface area contributed by atoms with Gasteiger partial charge in [0.2, 0.25) is 5.91 Å². The number of fused-ring (bicyclic) bond motifs is 1. The van der Waals surface area contributed by atoms with Gasteiger partial charge in [-0.3, -0.25) is 4.79 Å². The lowest BCUT2D eigenvalue weighted by molar-refractivity contribution is -0.113. The standard InChI is InChI=1S/C23H24N4O3S/c1-5-15-9-6-8-14(2)20(15)24-19(28)13-31-23-26-25-22(27(23)3)18-12-16-10-7-11-17(29-4)21(16)30-18/h6-12H,5,13H2,1-4H3,(H,24,28). The second-order valence-corrected chi connectivity index (χ2v) is 8.10. The van der Waals surface area contributed by atoms with E-state index in [1.807, 2.05) is 61.0 Å². The van der Waals surface area contributed by atoms with Gasteiger partial charge in [0.05, 0.1) is 12.9 Å². The zero-order valence-corrected chi connectivity index (χ0v) is 18.7. The molecule has 0 aliphatic heterocycles. The van der Waals surface area contributed by atoms with E-state index in [9.17, 15) is 4.79 Å². The lowest BCUT2D eigenvalue weighted by Gasteiger charge is -2.12. The zero-order chi connectivity index (χ0) is 22.0. The van der Waals surface area contributed by atoms with Gasteiger partial charge in [0.25, 0.3) is 0 Å². The first-order valence-corrected chi connectivity index (χ1v) is 11.0. The van der Waals surface area contributed by atoms with Gasteiger partial charge in [0.1, 0.15) is 0 Å². The van der Waals surface area contributed by atoms with Crippen molar-refractivity contribution in [3.05, 3.63) is 53.6 Å². The molecule has 0 fully saturated rings. The number of methoxy groups -OCH3 is 1. The maximum atomic E-state index is 12.6. The zero-order valence-electron chi connectivity index (χ0n) is 17.9. The van der Waals surface area contributed by atoms with Crippen LogP contribution in [0.4, 0.5) is 5.69 Å². The summed E-state index contributed by atoms with van der Waals surface area (Å²) in [6.45, 7) is 4.08. The molecule has 7 nitrogen and oxygen atoms in total. The topological polar surface area (TPSA) is 82.2 Å². The fraction of sp³-hybridized carbons (Fsp3) is 0.261. The van der Waals surface area contributed by atoms with Crippen LogP contribution in [0.1, 0.15) is 18.1 Å². The Balaban J connectivity index is 1.49. The molecule has 0 radical (unpaired) electrons. The van der Waals surface area contributed by atoms with E-state index in [1.165, 1.54) is 11.8 Å². The molecule has 8 heteroatoms. The molecular weight excluding hydrogens is 412 g/mol. The first-order valence-electron chi connectivity index (χ1n) is 9.99. The third kappa shape index (κ3) is 4.16. The summed E-state index contributed by atoms with van der Waals surface area (Å²) in [6.07, 6.45) is 0.860. The molecule has 2 aromatic heterocycles. The number of hydrogen-bond donors (Lipinski definition) is 1. The molecule has 0 aliphatic rings. The smallest absolute Gasteiger partial charge is 0.234 e. The third-order valence-electron chi connectivity index (χ3n) is 5.12. The van der Waals surface area contributed by atoms with E-state index in [2.05, 4.69) is 22.4 Å². The van der Waals surface area contributed by atoms with Gasteiger partial charge in [0, 0.05) is 18.1 Å². The first kappa shape index (κ1) is 21.0. The van der Waals surface area contributed by atoms with Crippen molar-refractivity contribution in [2.75, 3.05) is 18.2 Å². The number of nitrogens with zero attached hydrogens (tertiary/aromatic N) is 3. The molecule has 31 heavy (non-hydrogen) atoms. The quantitative estimate of drug-likeness (QED) is 0.418. The van der Waals surface area contributed by atoms with Crippen LogP contribution in [-0.4, -0.2) is 33.5 Å². The van der Waals surface area contributed by atoms with Gasteiger partial charge < -0.3 is 19.0 Å². The molecule has 2 aromatic carbocycles. The molecule has 160 valence electrons. The largest absolute Gasteiger partial charge is 0.493 e. The Hall–Kier alpha value is -3.26. The highest BCUT2D eigenvalue weighted by molar-refractivity contribution is 7.99. The average Bonchev–Trinajstić information content (AvgIpc) is 3.36. The van der Waals surface area contributed by atoms with Gasteiger partial charge in [-0.1, -0.05) is 49.0 Å². The van der Waals surface area contributed by atoms with E-state index in [0.717, 1.165) is 28.6 Å². The molecule has 0 bridgehead atoms. The monoisotopic (exact) mass is 436 g/mol. The van der Waals surface area contributed by atoms with Crippen LogP contribution in [0.15, 0.2) is 52.0 Å². The van der Waals surface area contributed by atoms with E-state index >= 15 is 0 Å². The van der Waals surface area contributed by atoms with Crippen LogP contribution in [0, 0.1) is 6.92 Å². The number of carbonyl (C=O) groups excluding carboxylic acids is 1. The molecule has 0 saturated carbocycles. The molecule has 1 N–H and O–H groups in total. The van der Waals surface area contributed by atoms with Gasteiger partial charge in [-0.05, 0) is 36.6 Å². The summed E-state index contributed by atoms with van der Waals surface area (Å²) in [5.41, 5.74) is 3.74. The molecule has 0 aliphatic carbocycles. The Labute approximate surface area is 184 Å². The summed E-state index contributed by atoms with van der Waals surface area (Å²) in [7, 11) is 3.47. The Kier molecular flexibility index (Phi) is 5.99. The molecule has 1 amide bonds. The molecule has 0 unspecified atom stereocenters. The summed E-state index contributed by atoms with van der Waals surface area (Å²) in [5, 5.41) is 13.1. The molecular formula is C23H24N4O3S. The normalized spacial score (nSPS) is 11.1. The summed E-state index contributed by atoms with van der Waals surface area (Å²) >= 11 is 1.33. The van der Waals surface area contributed by atoms with Gasteiger partial charge in [-0.2, -0.15) is 0 Å². The maximum absolute atomic E-state index is 12.6. The van der Waals surface area contributed by atoms with Crippen LogP contribution in [-0.2, 0) is 18.3 Å². The minimum Gasteiger partial charge on any atom is -0.493 e.